The molecule has 0 bridgehead atoms. The Morgan fingerprint density at radius 3 is 2.29 bits per heavy atom. The van der Waals surface area contributed by atoms with E-state index in [0.29, 0.717) is 6.07 Å². The Balaban J connectivity index is 3.35. The van der Waals surface area contributed by atoms with Crippen molar-refractivity contribution in [2.75, 3.05) is 5.73 Å². The molecule has 0 aromatic heterocycles. The Morgan fingerprint density at radius 1 is 1.29 bits per heavy atom. The van der Waals surface area contributed by atoms with E-state index in [-0.39, 0.29) is 16.6 Å². The molecule has 0 spiro atoms. The zero-order valence-corrected chi connectivity index (χ0v) is 8.41. The molecule has 0 unspecified atom stereocenters. The Morgan fingerprint density at radius 2 is 1.86 bits per heavy atom. The van der Waals surface area contributed by atoms with E-state index in [1.165, 1.54) is 0 Å². The highest BCUT2D eigenvalue weighted by molar-refractivity contribution is 9.08. The molecule has 0 atom stereocenters. The molecule has 2 N–H and O–H groups in total. The van der Waals surface area contributed by atoms with Crippen molar-refractivity contribution < 1.29 is 17.6 Å². The van der Waals surface area contributed by atoms with Gasteiger partial charge in [-0.3, -0.25) is 0 Å². The van der Waals surface area contributed by atoms with E-state index in [2.05, 4.69) is 15.9 Å². The summed E-state index contributed by atoms with van der Waals surface area (Å²) in [7, 11) is 0. The number of benzene rings is 1. The van der Waals surface area contributed by atoms with Crippen LogP contribution in [0, 0.1) is 5.82 Å². The smallest absolute Gasteiger partial charge is 0.396 e. The molecule has 0 aliphatic carbocycles. The second kappa shape index (κ2) is 3.76. The van der Waals surface area contributed by atoms with Crippen molar-refractivity contribution in [2.45, 2.75) is 11.5 Å². The van der Waals surface area contributed by atoms with Crippen LogP contribution in [0.15, 0.2) is 12.1 Å². The lowest BCUT2D eigenvalue weighted by Crippen LogP contribution is -2.10. The van der Waals surface area contributed by atoms with Gasteiger partial charge in [0.25, 0.3) is 0 Å². The normalized spacial score (nSPS) is 11.8. The second-order valence-corrected chi connectivity index (χ2v) is 3.22. The quantitative estimate of drug-likeness (QED) is 0.473. The van der Waals surface area contributed by atoms with Crippen LogP contribution in [-0.2, 0) is 11.5 Å². The molecule has 1 aromatic rings. The lowest BCUT2D eigenvalue weighted by Gasteiger charge is -2.12. The van der Waals surface area contributed by atoms with Gasteiger partial charge in [-0.25, -0.2) is 4.39 Å². The van der Waals surface area contributed by atoms with Crippen LogP contribution in [0.3, 0.4) is 0 Å². The predicted octanol–water partition coefficient (Wildman–Crippen LogP) is 3.32. The maximum absolute atomic E-state index is 12.8. The van der Waals surface area contributed by atoms with Gasteiger partial charge in [-0.1, -0.05) is 15.9 Å². The Hall–Kier alpha value is -0.780. The SMILES string of the molecule is Nc1cc(CBr)c(C(F)(F)F)cc1F. The molecular weight excluding hydrogens is 266 g/mol. The maximum Gasteiger partial charge on any atom is 0.416 e. The van der Waals surface area contributed by atoms with Gasteiger partial charge in [-0.15, -0.1) is 0 Å². The van der Waals surface area contributed by atoms with Gasteiger partial charge in [0.15, 0.2) is 0 Å². The highest BCUT2D eigenvalue weighted by atomic mass is 79.9. The van der Waals surface area contributed by atoms with Crippen molar-refractivity contribution in [1.82, 2.24) is 0 Å². The molecule has 0 amide bonds. The summed E-state index contributed by atoms with van der Waals surface area (Å²) >= 11 is 2.88. The van der Waals surface area contributed by atoms with Crippen molar-refractivity contribution >= 4 is 21.6 Å². The summed E-state index contributed by atoms with van der Waals surface area (Å²) in [5.74, 6) is -1.05. The number of nitrogens with two attached hydrogens (primary N) is 1. The van der Waals surface area contributed by atoms with Gasteiger partial charge in [-0.2, -0.15) is 13.2 Å². The zero-order chi connectivity index (χ0) is 10.9. The minimum atomic E-state index is -4.56. The summed E-state index contributed by atoms with van der Waals surface area (Å²) < 4.78 is 49.7. The first kappa shape index (κ1) is 11.3. The number of rotatable bonds is 1. The third kappa shape index (κ3) is 2.17. The lowest BCUT2D eigenvalue weighted by atomic mass is 10.1. The van der Waals surface area contributed by atoms with Crippen molar-refractivity contribution in [2.24, 2.45) is 0 Å². The molecular formula is C8H6BrF4N. The fourth-order valence-corrected chi connectivity index (χ4v) is 1.48. The minimum absolute atomic E-state index is 0.0215. The van der Waals surface area contributed by atoms with Crippen LogP contribution in [-0.4, -0.2) is 0 Å². The van der Waals surface area contributed by atoms with E-state index < -0.39 is 17.6 Å². The Labute approximate surface area is 86.0 Å². The third-order valence-corrected chi connectivity index (χ3v) is 2.28. The standard InChI is InChI=1S/C8H6BrF4N/c9-3-4-1-7(14)6(10)2-5(4)8(11,12)13/h1-2H,3,14H2. The molecule has 14 heavy (non-hydrogen) atoms. The number of hydrogen-bond donors (Lipinski definition) is 1. The number of anilines is 1. The summed E-state index contributed by atoms with van der Waals surface area (Å²) in [5.41, 5.74) is 3.79. The average molecular weight is 272 g/mol. The van der Waals surface area contributed by atoms with Gasteiger partial charge in [0.2, 0.25) is 0 Å². The van der Waals surface area contributed by atoms with E-state index in [1.54, 1.807) is 0 Å². The molecule has 1 aromatic carbocycles. The van der Waals surface area contributed by atoms with E-state index in [0.717, 1.165) is 6.07 Å². The Bertz CT molecular complexity index is 348. The van der Waals surface area contributed by atoms with E-state index >= 15 is 0 Å². The third-order valence-electron chi connectivity index (χ3n) is 1.67. The first-order chi connectivity index (χ1) is 6.36. The van der Waals surface area contributed by atoms with Gasteiger partial charge in [0.05, 0.1) is 11.3 Å². The average Bonchev–Trinajstić information content (AvgIpc) is 2.07. The number of alkyl halides is 4. The molecule has 0 aliphatic rings. The summed E-state index contributed by atoms with van der Waals surface area (Å²) in [6.07, 6.45) is -4.56. The van der Waals surface area contributed by atoms with Crippen LogP contribution in [0.1, 0.15) is 11.1 Å². The molecule has 1 nitrogen and oxygen atoms in total. The van der Waals surface area contributed by atoms with Gasteiger partial charge >= 0.3 is 6.18 Å². The molecule has 6 heteroatoms. The molecule has 78 valence electrons. The number of nitrogen functional groups attached to an aromatic ring is 1. The predicted molar refractivity (Wildman–Crippen MR) is 48.4 cm³/mol. The van der Waals surface area contributed by atoms with Gasteiger partial charge < -0.3 is 5.73 Å². The fourth-order valence-electron chi connectivity index (χ4n) is 1.01. The van der Waals surface area contributed by atoms with Crippen LogP contribution >= 0.6 is 15.9 Å². The molecule has 0 aliphatic heterocycles. The van der Waals surface area contributed by atoms with Crippen LogP contribution in [0.5, 0.6) is 0 Å². The number of hydrogen-bond acceptors (Lipinski definition) is 1. The monoisotopic (exact) mass is 271 g/mol. The zero-order valence-electron chi connectivity index (χ0n) is 6.83. The van der Waals surface area contributed by atoms with Gasteiger partial charge in [-0.05, 0) is 17.7 Å². The van der Waals surface area contributed by atoms with Crippen molar-refractivity contribution in [3.63, 3.8) is 0 Å². The summed E-state index contributed by atoms with van der Waals surface area (Å²) in [5, 5.41) is -0.0215. The van der Waals surface area contributed by atoms with Gasteiger partial charge in [0, 0.05) is 5.33 Å². The molecule has 0 heterocycles. The van der Waals surface area contributed by atoms with Crippen LogP contribution in [0.25, 0.3) is 0 Å². The molecule has 0 saturated carbocycles. The fraction of sp³-hybridized carbons (Fsp3) is 0.250. The first-order valence-electron chi connectivity index (χ1n) is 3.57. The second-order valence-electron chi connectivity index (χ2n) is 2.66. The topological polar surface area (TPSA) is 26.0 Å². The number of halogens is 5. The largest absolute Gasteiger partial charge is 0.416 e. The summed E-state index contributed by atoms with van der Waals surface area (Å²) in [6.45, 7) is 0. The van der Waals surface area contributed by atoms with E-state index in [9.17, 15) is 17.6 Å². The highest BCUT2D eigenvalue weighted by Gasteiger charge is 2.33. The summed E-state index contributed by atoms with van der Waals surface area (Å²) in [4.78, 5) is 0. The van der Waals surface area contributed by atoms with E-state index in [1.807, 2.05) is 0 Å². The minimum Gasteiger partial charge on any atom is -0.396 e. The van der Waals surface area contributed by atoms with E-state index in [4.69, 9.17) is 5.73 Å². The molecule has 0 fully saturated rings. The Kier molecular flexibility index (Phi) is 3.04. The molecule has 0 saturated heterocycles. The summed E-state index contributed by atoms with van der Waals surface area (Å²) in [6, 6.07) is 1.39. The van der Waals surface area contributed by atoms with Crippen molar-refractivity contribution in [3.05, 3.63) is 29.1 Å². The molecule has 1 rings (SSSR count). The first-order valence-corrected chi connectivity index (χ1v) is 4.69. The van der Waals surface area contributed by atoms with Crippen molar-refractivity contribution in [3.8, 4) is 0 Å². The lowest BCUT2D eigenvalue weighted by molar-refractivity contribution is -0.138. The highest BCUT2D eigenvalue weighted by Crippen LogP contribution is 2.34. The molecule has 0 radical (unpaired) electrons. The maximum atomic E-state index is 12.8. The van der Waals surface area contributed by atoms with Crippen LogP contribution in [0.2, 0.25) is 0 Å². The van der Waals surface area contributed by atoms with Gasteiger partial charge in [0.1, 0.15) is 5.82 Å². The van der Waals surface area contributed by atoms with Crippen molar-refractivity contribution in [1.29, 1.82) is 0 Å². The van der Waals surface area contributed by atoms with Crippen LogP contribution in [0.4, 0.5) is 23.2 Å². The van der Waals surface area contributed by atoms with Crippen LogP contribution < -0.4 is 5.73 Å².